The highest BCUT2D eigenvalue weighted by Gasteiger charge is 2.10. The molecule has 1 rings (SSSR count). The summed E-state index contributed by atoms with van der Waals surface area (Å²) >= 11 is 0. The minimum atomic E-state index is 0.941. The predicted octanol–water partition coefficient (Wildman–Crippen LogP) is 0.764. The Labute approximate surface area is 49.4 Å². The Hall–Kier alpha value is -0.500. The summed E-state index contributed by atoms with van der Waals surface area (Å²) in [4.78, 5) is 2.18. The Morgan fingerprint density at radius 2 is 2.50 bits per heavy atom. The third-order valence-corrected chi connectivity index (χ3v) is 1.47. The van der Waals surface area contributed by atoms with Crippen LogP contribution in [0.15, 0.2) is 11.8 Å². The fourth-order valence-corrected chi connectivity index (χ4v) is 0.945. The van der Waals surface area contributed by atoms with Gasteiger partial charge in [-0.05, 0) is 19.0 Å². The summed E-state index contributed by atoms with van der Waals surface area (Å²) in [5.74, 6) is 0. The average molecular weight is 113 g/mol. The van der Waals surface area contributed by atoms with Crippen molar-refractivity contribution in [2.24, 2.45) is 0 Å². The minimum Gasteiger partial charge on any atom is -0.516 e. The Balaban J connectivity index is 2.44. The van der Waals surface area contributed by atoms with Crippen molar-refractivity contribution < 1.29 is 5.11 Å². The van der Waals surface area contributed by atoms with Gasteiger partial charge < -0.3 is 10.0 Å². The van der Waals surface area contributed by atoms with Crippen molar-refractivity contribution in [3.8, 4) is 0 Å². The van der Waals surface area contributed by atoms with Gasteiger partial charge in [-0.3, -0.25) is 0 Å². The molecule has 1 heterocycles. The van der Waals surface area contributed by atoms with E-state index in [1.807, 2.05) is 0 Å². The van der Waals surface area contributed by atoms with Gasteiger partial charge >= 0.3 is 0 Å². The van der Waals surface area contributed by atoms with Crippen LogP contribution in [0.25, 0.3) is 0 Å². The lowest BCUT2D eigenvalue weighted by Gasteiger charge is -2.01. The summed E-state index contributed by atoms with van der Waals surface area (Å²) in [6, 6.07) is 0. The van der Waals surface area contributed by atoms with E-state index in [9.17, 15) is 0 Å². The number of aliphatic hydroxyl groups is 1. The van der Waals surface area contributed by atoms with Gasteiger partial charge in [-0.2, -0.15) is 0 Å². The highest BCUT2D eigenvalue weighted by atomic mass is 16.2. The number of hydrogen-bond donors (Lipinski definition) is 1. The van der Waals surface area contributed by atoms with Crippen LogP contribution in [0.3, 0.4) is 0 Å². The number of nitrogens with zero attached hydrogens (tertiary/aromatic N) is 1. The summed E-state index contributed by atoms with van der Waals surface area (Å²) in [7, 11) is 2.05. The number of rotatable bonds is 0. The highest BCUT2D eigenvalue weighted by Crippen LogP contribution is 2.10. The second-order valence-corrected chi connectivity index (χ2v) is 2.28. The molecular formula is C6H11NO. The van der Waals surface area contributed by atoms with Crippen molar-refractivity contribution in [2.45, 2.75) is 6.42 Å². The van der Waals surface area contributed by atoms with Crippen molar-refractivity contribution in [2.75, 3.05) is 20.1 Å². The standard InChI is InChI=1S/C6H11NO/c1-7-3-2-6(4-7)5-8/h5,8H,2-4H2,1H3/b6-5-. The molecule has 1 aliphatic heterocycles. The van der Waals surface area contributed by atoms with Gasteiger partial charge in [0.15, 0.2) is 0 Å². The maximum absolute atomic E-state index is 8.50. The van der Waals surface area contributed by atoms with Crippen LogP contribution in [-0.2, 0) is 0 Å². The Morgan fingerprint density at radius 1 is 1.75 bits per heavy atom. The molecular weight excluding hydrogens is 102 g/mol. The molecule has 0 aromatic carbocycles. The molecule has 1 saturated heterocycles. The number of aliphatic hydroxyl groups excluding tert-OH is 1. The van der Waals surface area contributed by atoms with E-state index in [0.717, 1.165) is 25.1 Å². The van der Waals surface area contributed by atoms with E-state index in [1.54, 1.807) is 0 Å². The zero-order valence-electron chi connectivity index (χ0n) is 5.09. The van der Waals surface area contributed by atoms with E-state index >= 15 is 0 Å². The fraction of sp³-hybridized carbons (Fsp3) is 0.667. The van der Waals surface area contributed by atoms with Crippen LogP contribution in [0.2, 0.25) is 0 Å². The first-order valence-electron chi connectivity index (χ1n) is 2.83. The van der Waals surface area contributed by atoms with Crippen LogP contribution in [0, 0.1) is 0 Å². The maximum atomic E-state index is 8.50. The average Bonchev–Trinajstić information content (AvgIpc) is 2.14. The Kier molecular flexibility index (Phi) is 1.53. The monoisotopic (exact) mass is 113 g/mol. The van der Waals surface area contributed by atoms with Gasteiger partial charge in [-0.15, -0.1) is 0 Å². The van der Waals surface area contributed by atoms with Crippen LogP contribution < -0.4 is 0 Å². The molecule has 0 radical (unpaired) electrons. The summed E-state index contributed by atoms with van der Waals surface area (Å²) < 4.78 is 0. The molecule has 46 valence electrons. The van der Waals surface area contributed by atoms with Gasteiger partial charge in [0.1, 0.15) is 0 Å². The maximum Gasteiger partial charge on any atom is 0.0797 e. The second kappa shape index (κ2) is 2.18. The molecule has 0 bridgehead atoms. The molecule has 0 unspecified atom stereocenters. The van der Waals surface area contributed by atoms with Gasteiger partial charge in [0, 0.05) is 13.1 Å². The minimum absolute atomic E-state index is 0.941. The number of likely N-dealkylation sites (N-methyl/N-ethyl adjacent to an activating group) is 1. The van der Waals surface area contributed by atoms with E-state index in [-0.39, 0.29) is 0 Å². The fourth-order valence-electron chi connectivity index (χ4n) is 0.945. The first-order chi connectivity index (χ1) is 3.83. The van der Waals surface area contributed by atoms with Gasteiger partial charge in [-0.25, -0.2) is 0 Å². The smallest absolute Gasteiger partial charge is 0.0797 e. The van der Waals surface area contributed by atoms with Gasteiger partial charge in [-0.1, -0.05) is 0 Å². The lowest BCUT2D eigenvalue weighted by Crippen LogP contribution is -2.11. The van der Waals surface area contributed by atoms with Crippen molar-refractivity contribution >= 4 is 0 Å². The summed E-state index contributed by atoms with van der Waals surface area (Å²) in [6.45, 7) is 2.03. The lowest BCUT2D eigenvalue weighted by atomic mass is 10.3. The molecule has 0 aromatic heterocycles. The third kappa shape index (κ3) is 1.01. The van der Waals surface area contributed by atoms with Crippen LogP contribution in [0.4, 0.5) is 0 Å². The number of hydrogen-bond acceptors (Lipinski definition) is 2. The largest absolute Gasteiger partial charge is 0.516 e. The quantitative estimate of drug-likeness (QED) is 0.469. The molecule has 0 amide bonds. The van der Waals surface area contributed by atoms with E-state index in [0.29, 0.717) is 0 Å². The van der Waals surface area contributed by atoms with Crippen molar-refractivity contribution in [3.05, 3.63) is 11.8 Å². The normalized spacial score (nSPS) is 27.4. The van der Waals surface area contributed by atoms with Crippen molar-refractivity contribution in [3.63, 3.8) is 0 Å². The van der Waals surface area contributed by atoms with Gasteiger partial charge in [0.05, 0.1) is 6.26 Å². The molecule has 1 aliphatic rings. The van der Waals surface area contributed by atoms with Crippen molar-refractivity contribution in [1.29, 1.82) is 0 Å². The Bertz CT molecular complexity index is 109. The molecule has 0 aromatic rings. The molecule has 2 nitrogen and oxygen atoms in total. The summed E-state index contributed by atoms with van der Waals surface area (Å²) in [5, 5.41) is 8.50. The molecule has 0 aliphatic carbocycles. The van der Waals surface area contributed by atoms with Crippen LogP contribution in [-0.4, -0.2) is 30.1 Å². The predicted molar refractivity (Wildman–Crippen MR) is 32.8 cm³/mol. The highest BCUT2D eigenvalue weighted by molar-refractivity contribution is 5.05. The third-order valence-electron chi connectivity index (χ3n) is 1.47. The van der Waals surface area contributed by atoms with E-state index in [1.165, 1.54) is 6.26 Å². The molecule has 0 spiro atoms. The van der Waals surface area contributed by atoms with E-state index in [4.69, 9.17) is 5.11 Å². The van der Waals surface area contributed by atoms with Gasteiger partial charge in [0.25, 0.3) is 0 Å². The van der Waals surface area contributed by atoms with Crippen LogP contribution in [0.5, 0.6) is 0 Å². The second-order valence-electron chi connectivity index (χ2n) is 2.28. The molecule has 1 N–H and O–H groups in total. The summed E-state index contributed by atoms with van der Waals surface area (Å²) in [6.07, 6.45) is 2.26. The summed E-state index contributed by atoms with van der Waals surface area (Å²) in [5.41, 5.74) is 1.15. The van der Waals surface area contributed by atoms with Crippen molar-refractivity contribution in [1.82, 2.24) is 4.90 Å². The first kappa shape index (κ1) is 5.63. The molecule has 0 atom stereocenters. The van der Waals surface area contributed by atoms with E-state index < -0.39 is 0 Å². The molecule has 1 fully saturated rings. The van der Waals surface area contributed by atoms with Crippen LogP contribution in [0.1, 0.15) is 6.42 Å². The zero-order chi connectivity index (χ0) is 5.98. The Morgan fingerprint density at radius 3 is 2.75 bits per heavy atom. The van der Waals surface area contributed by atoms with E-state index in [2.05, 4.69) is 11.9 Å². The zero-order valence-corrected chi connectivity index (χ0v) is 5.09. The lowest BCUT2D eigenvalue weighted by molar-refractivity contribution is 0.420. The number of likely N-dealkylation sites (tertiary alicyclic amines) is 1. The molecule has 8 heavy (non-hydrogen) atoms. The van der Waals surface area contributed by atoms with Gasteiger partial charge in [0.2, 0.25) is 0 Å². The SMILES string of the molecule is CN1CC/C(=C/O)C1. The molecule has 0 saturated carbocycles. The molecule has 2 heteroatoms. The van der Waals surface area contributed by atoms with Crippen LogP contribution >= 0.6 is 0 Å². The topological polar surface area (TPSA) is 23.5 Å². The first-order valence-corrected chi connectivity index (χ1v) is 2.83.